The van der Waals surface area contributed by atoms with Gasteiger partial charge in [-0.15, -0.1) is 0 Å². The Kier molecular flexibility index (Phi) is 2.90. The van der Waals surface area contributed by atoms with E-state index in [1.807, 2.05) is 36.4 Å². The minimum absolute atomic E-state index is 0.207. The second-order valence-corrected chi connectivity index (χ2v) is 4.06. The largest absolute Gasteiger partial charge is 0.508 e. The van der Waals surface area contributed by atoms with Crippen molar-refractivity contribution >= 4 is 0 Å². The molecule has 4 heteroatoms. The lowest BCUT2D eigenvalue weighted by atomic mass is 10.3. The molecule has 2 aromatic carbocycles. The van der Waals surface area contributed by atoms with E-state index in [1.54, 1.807) is 35.3 Å². The van der Waals surface area contributed by atoms with E-state index in [4.69, 9.17) is 4.74 Å². The van der Waals surface area contributed by atoms with E-state index in [0.29, 0.717) is 5.75 Å². The topological polar surface area (TPSA) is 47.3 Å². The van der Waals surface area contributed by atoms with Crippen molar-refractivity contribution in [1.82, 2.24) is 9.78 Å². The number of nitrogens with zero attached hydrogens (tertiary/aromatic N) is 2. The first-order valence-electron chi connectivity index (χ1n) is 5.88. The number of phenolic OH excluding ortho intramolecular Hbond substituents is 1. The highest BCUT2D eigenvalue weighted by Crippen LogP contribution is 2.22. The van der Waals surface area contributed by atoms with Crippen molar-refractivity contribution in [3.05, 3.63) is 67.0 Å². The Morgan fingerprint density at radius 1 is 0.947 bits per heavy atom. The molecular weight excluding hydrogens is 240 g/mol. The Balaban J connectivity index is 1.84. The van der Waals surface area contributed by atoms with Crippen LogP contribution in [-0.2, 0) is 0 Å². The highest BCUT2D eigenvalue weighted by molar-refractivity contribution is 5.39. The van der Waals surface area contributed by atoms with Crippen molar-refractivity contribution in [3.8, 4) is 22.9 Å². The summed E-state index contributed by atoms with van der Waals surface area (Å²) in [6.07, 6.45) is 3.40. The Bertz CT molecular complexity index is 677. The van der Waals surface area contributed by atoms with Crippen molar-refractivity contribution < 1.29 is 9.84 Å². The van der Waals surface area contributed by atoms with Gasteiger partial charge in [-0.2, -0.15) is 5.10 Å². The van der Waals surface area contributed by atoms with Gasteiger partial charge in [0.05, 0.1) is 18.1 Å². The van der Waals surface area contributed by atoms with Gasteiger partial charge >= 0.3 is 0 Å². The van der Waals surface area contributed by atoms with E-state index in [-0.39, 0.29) is 5.75 Å². The summed E-state index contributed by atoms with van der Waals surface area (Å²) < 4.78 is 7.32. The molecule has 0 bridgehead atoms. The predicted molar refractivity (Wildman–Crippen MR) is 71.7 cm³/mol. The zero-order chi connectivity index (χ0) is 13.1. The van der Waals surface area contributed by atoms with E-state index in [0.717, 1.165) is 11.4 Å². The number of ether oxygens (including phenoxy) is 1. The van der Waals surface area contributed by atoms with Crippen LogP contribution in [0.3, 0.4) is 0 Å². The Hall–Kier alpha value is -2.75. The molecule has 0 radical (unpaired) electrons. The maximum atomic E-state index is 9.44. The second-order valence-electron chi connectivity index (χ2n) is 4.06. The summed E-state index contributed by atoms with van der Waals surface area (Å²) in [5, 5.41) is 13.6. The fourth-order valence-electron chi connectivity index (χ4n) is 1.76. The number of phenols is 1. The molecule has 0 fully saturated rings. The molecule has 1 N–H and O–H groups in total. The molecule has 3 rings (SSSR count). The highest BCUT2D eigenvalue weighted by Gasteiger charge is 2.03. The smallest absolute Gasteiger partial charge is 0.165 e. The third-order valence-electron chi connectivity index (χ3n) is 2.63. The predicted octanol–water partition coefficient (Wildman–Crippen LogP) is 3.37. The average Bonchev–Trinajstić information content (AvgIpc) is 2.88. The standard InChI is InChI=1S/C15H12N2O2/c18-13-6-4-5-12(9-13)17-11-15(10-16-17)19-14-7-2-1-3-8-14/h1-11,18H. The summed E-state index contributed by atoms with van der Waals surface area (Å²) in [5.41, 5.74) is 0.780. The van der Waals surface area contributed by atoms with Crippen LogP contribution in [0.1, 0.15) is 0 Å². The van der Waals surface area contributed by atoms with Gasteiger partial charge in [0, 0.05) is 6.07 Å². The van der Waals surface area contributed by atoms with Gasteiger partial charge in [-0.25, -0.2) is 4.68 Å². The molecule has 3 aromatic rings. The average molecular weight is 252 g/mol. The minimum atomic E-state index is 0.207. The molecule has 0 saturated heterocycles. The first-order chi connectivity index (χ1) is 9.31. The van der Waals surface area contributed by atoms with Gasteiger partial charge in [0.15, 0.2) is 5.75 Å². The lowest BCUT2D eigenvalue weighted by Gasteiger charge is -2.02. The third-order valence-corrected chi connectivity index (χ3v) is 2.63. The van der Waals surface area contributed by atoms with Crippen LogP contribution >= 0.6 is 0 Å². The van der Waals surface area contributed by atoms with E-state index < -0.39 is 0 Å². The quantitative estimate of drug-likeness (QED) is 0.777. The van der Waals surface area contributed by atoms with Crippen LogP contribution in [0.25, 0.3) is 5.69 Å². The minimum Gasteiger partial charge on any atom is -0.508 e. The fourth-order valence-corrected chi connectivity index (χ4v) is 1.76. The molecule has 0 amide bonds. The van der Waals surface area contributed by atoms with Gasteiger partial charge in [0.25, 0.3) is 0 Å². The van der Waals surface area contributed by atoms with Gasteiger partial charge in [-0.3, -0.25) is 0 Å². The lowest BCUT2D eigenvalue weighted by Crippen LogP contribution is -1.92. The molecule has 0 aliphatic carbocycles. The van der Waals surface area contributed by atoms with Crippen molar-refractivity contribution in [1.29, 1.82) is 0 Å². The van der Waals surface area contributed by atoms with Crippen molar-refractivity contribution in [2.24, 2.45) is 0 Å². The second kappa shape index (κ2) is 4.86. The normalized spacial score (nSPS) is 10.3. The van der Waals surface area contributed by atoms with Crippen molar-refractivity contribution in [2.75, 3.05) is 0 Å². The number of hydrogen-bond acceptors (Lipinski definition) is 3. The van der Waals surface area contributed by atoms with E-state index >= 15 is 0 Å². The SMILES string of the molecule is Oc1cccc(-n2cc(Oc3ccccc3)cn2)c1. The van der Waals surface area contributed by atoms with Gasteiger partial charge in [0.2, 0.25) is 0 Å². The molecule has 0 unspecified atom stereocenters. The zero-order valence-electron chi connectivity index (χ0n) is 10.1. The Morgan fingerprint density at radius 2 is 1.79 bits per heavy atom. The van der Waals surface area contributed by atoms with Crippen LogP contribution in [0.4, 0.5) is 0 Å². The summed E-state index contributed by atoms with van der Waals surface area (Å²) in [6, 6.07) is 16.4. The molecule has 0 aliphatic heterocycles. The number of aromatic nitrogens is 2. The maximum absolute atomic E-state index is 9.44. The summed E-state index contributed by atoms with van der Waals surface area (Å²) in [4.78, 5) is 0. The van der Waals surface area contributed by atoms with Crippen molar-refractivity contribution in [3.63, 3.8) is 0 Å². The number of benzene rings is 2. The molecule has 1 heterocycles. The van der Waals surface area contributed by atoms with E-state index in [1.165, 1.54) is 0 Å². The number of para-hydroxylation sites is 1. The highest BCUT2D eigenvalue weighted by atomic mass is 16.5. The Labute approximate surface area is 110 Å². The molecule has 94 valence electrons. The van der Waals surface area contributed by atoms with Gasteiger partial charge in [0.1, 0.15) is 11.5 Å². The zero-order valence-corrected chi connectivity index (χ0v) is 10.1. The maximum Gasteiger partial charge on any atom is 0.165 e. The van der Waals surface area contributed by atoms with E-state index in [9.17, 15) is 5.11 Å². The van der Waals surface area contributed by atoms with Crippen molar-refractivity contribution in [2.45, 2.75) is 0 Å². The summed E-state index contributed by atoms with van der Waals surface area (Å²) in [6.45, 7) is 0. The van der Waals surface area contributed by atoms with Gasteiger partial charge < -0.3 is 9.84 Å². The van der Waals surface area contributed by atoms with Gasteiger partial charge in [-0.1, -0.05) is 24.3 Å². The first-order valence-corrected chi connectivity index (χ1v) is 5.88. The monoisotopic (exact) mass is 252 g/mol. The molecule has 1 aromatic heterocycles. The van der Waals surface area contributed by atoms with Gasteiger partial charge in [-0.05, 0) is 24.3 Å². The first kappa shape index (κ1) is 11.3. The molecule has 0 aliphatic rings. The lowest BCUT2D eigenvalue weighted by molar-refractivity contribution is 0.474. The summed E-state index contributed by atoms with van der Waals surface area (Å²) >= 11 is 0. The van der Waals surface area contributed by atoms with Crippen LogP contribution in [0.2, 0.25) is 0 Å². The van der Waals surface area contributed by atoms with E-state index in [2.05, 4.69) is 5.10 Å². The van der Waals surface area contributed by atoms with Crippen LogP contribution in [0.5, 0.6) is 17.2 Å². The number of aromatic hydroxyl groups is 1. The number of hydrogen-bond donors (Lipinski definition) is 1. The third kappa shape index (κ3) is 2.57. The molecule has 19 heavy (non-hydrogen) atoms. The summed E-state index contributed by atoms with van der Waals surface area (Å²) in [7, 11) is 0. The molecule has 0 atom stereocenters. The number of rotatable bonds is 3. The fraction of sp³-hybridized carbons (Fsp3) is 0. The van der Waals surface area contributed by atoms with Crippen LogP contribution in [-0.4, -0.2) is 14.9 Å². The molecule has 0 spiro atoms. The van der Waals surface area contributed by atoms with Crippen LogP contribution in [0, 0.1) is 0 Å². The van der Waals surface area contributed by atoms with Crippen LogP contribution < -0.4 is 4.74 Å². The van der Waals surface area contributed by atoms with Crippen LogP contribution in [0.15, 0.2) is 67.0 Å². The summed E-state index contributed by atoms with van der Waals surface area (Å²) in [5.74, 6) is 1.62. The molecular formula is C15H12N2O2. The molecule has 4 nitrogen and oxygen atoms in total. The Morgan fingerprint density at radius 3 is 2.58 bits per heavy atom. The molecule has 0 saturated carbocycles.